The molecule has 1 unspecified atom stereocenters. The quantitative estimate of drug-likeness (QED) is 0.712. The van der Waals surface area contributed by atoms with Gasteiger partial charge in [0.25, 0.3) is 0 Å². The molecule has 0 aliphatic carbocycles. The minimum absolute atomic E-state index is 0.220. The van der Waals surface area contributed by atoms with E-state index in [2.05, 4.69) is 18.8 Å². The molecule has 0 aliphatic rings. The molecule has 0 radical (unpaired) electrons. The van der Waals surface area contributed by atoms with Crippen molar-refractivity contribution in [3.05, 3.63) is 24.5 Å². The molecule has 0 saturated heterocycles. The number of carbonyl (C=O) groups is 1. The second-order valence-electron chi connectivity index (χ2n) is 4.35. The van der Waals surface area contributed by atoms with Gasteiger partial charge < -0.3 is 9.47 Å². The summed E-state index contributed by atoms with van der Waals surface area (Å²) in [5.74, 6) is 0.657. The highest BCUT2D eigenvalue weighted by atomic mass is 16.5. The first-order valence-corrected chi connectivity index (χ1v) is 5.74. The third-order valence-corrected chi connectivity index (χ3v) is 2.38. The average Bonchev–Trinajstić information content (AvgIpc) is 2.34. The van der Waals surface area contributed by atoms with Gasteiger partial charge in [-0.25, -0.2) is 0 Å². The molecule has 4 nitrogen and oxygen atoms in total. The number of pyridine rings is 1. The van der Waals surface area contributed by atoms with Gasteiger partial charge in [0, 0.05) is 6.20 Å². The molecular weight excluding hydrogens is 218 g/mol. The summed E-state index contributed by atoms with van der Waals surface area (Å²) in [5, 5.41) is 0. The van der Waals surface area contributed by atoms with Crippen molar-refractivity contribution < 1.29 is 14.3 Å². The van der Waals surface area contributed by atoms with Crippen molar-refractivity contribution in [1.82, 2.24) is 4.98 Å². The van der Waals surface area contributed by atoms with E-state index in [0.717, 1.165) is 6.42 Å². The minimum atomic E-state index is -0.222. The first-order chi connectivity index (χ1) is 8.13. The van der Waals surface area contributed by atoms with Crippen LogP contribution in [0, 0.1) is 11.8 Å². The number of rotatable bonds is 6. The summed E-state index contributed by atoms with van der Waals surface area (Å²) in [4.78, 5) is 15.5. The lowest BCUT2D eigenvalue weighted by Gasteiger charge is -2.17. The average molecular weight is 237 g/mol. The molecule has 0 spiro atoms. The molecule has 1 aromatic rings. The molecule has 17 heavy (non-hydrogen) atoms. The summed E-state index contributed by atoms with van der Waals surface area (Å²) < 4.78 is 10.3. The van der Waals surface area contributed by atoms with E-state index < -0.39 is 0 Å². The Morgan fingerprint density at radius 2 is 2.24 bits per heavy atom. The van der Waals surface area contributed by atoms with Crippen LogP contribution in [0.3, 0.4) is 0 Å². The fraction of sp³-hybridized carbons (Fsp3) is 0.538. The molecule has 1 atom stereocenters. The van der Waals surface area contributed by atoms with Crippen LogP contribution < -0.4 is 4.74 Å². The van der Waals surface area contributed by atoms with E-state index in [0.29, 0.717) is 18.3 Å². The molecule has 1 rings (SSSR count). The van der Waals surface area contributed by atoms with Crippen molar-refractivity contribution in [1.29, 1.82) is 0 Å². The molecule has 0 aliphatic heterocycles. The van der Waals surface area contributed by atoms with Crippen LogP contribution in [-0.4, -0.2) is 24.7 Å². The lowest BCUT2D eigenvalue weighted by atomic mass is 9.98. The number of esters is 1. The fourth-order valence-corrected chi connectivity index (χ4v) is 1.60. The number of hydrogen-bond donors (Lipinski definition) is 0. The molecule has 0 amide bonds. The van der Waals surface area contributed by atoms with E-state index >= 15 is 0 Å². The predicted octanol–water partition coefficient (Wildman–Crippen LogP) is 2.30. The Bertz CT molecular complexity index is 338. The highest BCUT2D eigenvalue weighted by Crippen LogP contribution is 2.16. The number of aromatic nitrogens is 1. The van der Waals surface area contributed by atoms with E-state index in [-0.39, 0.29) is 11.9 Å². The van der Waals surface area contributed by atoms with E-state index in [9.17, 15) is 4.79 Å². The maximum absolute atomic E-state index is 11.6. The Hall–Kier alpha value is -1.58. The van der Waals surface area contributed by atoms with Crippen molar-refractivity contribution in [3.63, 3.8) is 0 Å². The van der Waals surface area contributed by atoms with Crippen LogP contribution in [0.2, 0.25) is 0 Å². The number of nitrogens with zero attached hydrogens (tertiary/aromatic N) is 1. The van der Waals surface area contributed by atoms with E-state index in [1.54, 1.807) is 18.5 Å². The first kappa shape index (κ1) is 13.5. The van der Waals surface area contributed by atoms with Crippen molar-refractivity contribution in [2.24, 2.45) is 11.8 Å². The summed E-state index contributed by atoms with van der Waals surface area (Å²) in [6.07, 6.45) is 4.06. The summed E-state index contributed by atoms with van der Waals surface area (Å²) in [5.41, 5.74) is 0. The summed E-state index contributed by atoms with van der Waals surface area (Å²) in [6.45, 7) is 4.47. The SMILES string of the molecule is COC(=O)C(COc1cccnc1)CC(C)C. The molecule has 0 bridgehead atoms. The van der Waals surface area contributed by atoms with E-state index in [1.165, 1.54) is 7.11 Å². The highest BCUT2D eigenvalue weighted by Gasteiger charge is 2.21. The second kappa shape index (κ2) is 6.89. The second-order valence-corrected chi connectivity index (χ2v) is 4.35. The summed E-state index contributed by atoms with van der Waals surface area (Å²) in [7, 11) is 1.40. The Morgan fingerprint density at radius 1 is 1.47 bits per heavy atom. The van der Waals surface area contributed by atoms with Crippen molar-refractivity contribution >= 4 is 5.97 Å². The van der Waals surface area contributed by atoms with Gasteiger partial charge in [-0.05, 0) is 24.5 Å². The van der Waals surface area contributed by atoms with Gasteiger partial charge in [-0.1, -0.05) is 13.8 Å². The first-order valence-electron chi connectivity index (χ1n) is 5.74. The monoisotopic (exact) mass is 237 g/mol. The number of methoxy groups -OCH3 is 1. The summed E-state index contributed by atoms with van der Waals surface area (Å²) >= 11 is 0. The zero-order valence-electron chi connectivity index (χ0n) is 10.6. The molecule has 0 fully saturated rings. The Morgan fingerprint density at radius 3 is 2.76 bits per heavy atom. The van der Waals surface area contributed by atoms with Gasteiger partial charge in [-0.2, -0.15) is 0 Å². The molecule has 0 saturated carbocycles. The van der Waals surface area contributed by atoms with Crippen molar-refractivity contribution in [3.8, 4) is 5.75 Å². The third-order valence-electron chi connectivity index (χ3n) is 2.38. The summed E-state index contributed by atoms with van der Waals surface area (Å²) in [6, 6.07) is 3.61. The van der Waals surface area contributed by atoms with Gasteiger partial charge in [0.05, 0.1) is 19.2 Å². The minimum Gasteiger partial charge on any atom is -0.491 e. The Balaban J connectivity index is 2.52. The number of hydrogen-bond acceptors (Lipinski definition) is 4. The lowest BCUT2D eigenvalue weighted by molar-refractivity contribution is -0.147. The molecule has 1 aromatic heterocycles. The van der Waals surface area contributed by atoms with Crippen LogP contribution in [0.4, 0.5) is 0 Å². The zero-order chi connectivity index (χ0) is 12.7. The van der Waals surface area contributed by atoms with Gasteiger partial charge in [-0.15, -0.1) is 0 Å². The third kappa shape index (κ3) is 4.85. The number of carbonyl (C=O) groups excluding carboxylic acids is 1. The van der Waals surface area contributed by atoms with E-state index in [4.69, 9.17) is 9.47 Å². The van der Waals surface area contributed by atoms with Gasteiger partial charge in [0.1, 0.15) is 12.4 Å². The van der Waals surface area contributed by atoms with Gasteiger partial charge in [0.15, 0.2) is 0 Å². The topological polar surface area (TPSA) is 48.4 Å². The van der Waals surface area contributed by atoms with Gasteiger partial charge in [0.2, 0.25) is 0 Å². The Kier molecular flexibility index (Phi) is 5.46. The standard InChI is InChI=1S/C13H19NO3/c1-10(2)7-11(13(15)16-3)9-17-12-5-4-6-14-8-12/h4-6,8,10-11H,7,9H2,1-3H3. The fourth-order valence-electron chi connectivity index (χ4n) is 1.60. The maximum atomic E-state index is 11.6. The van der Waals surface area contributed by atoms with Crippen LogP contribution in [-0.2, 0) is 9.53 Å². The van der Waals surface area contributed by atoms with Crippen LogP contribution in [0.15, 0.2) is 24.5 Å². The number of ether oxygens (including phenoxy) is 2. The van der Waals surface area contributed by atoms with Crippen LogP contribution in [0.5, 0.6) is 5.75 Å². The van der Waals surface area contributed by atoms with Gasteiger partial charge >= 0.3 is 5.97 Å². The smallest absolute Gasteiger partial charge is 0.312 e. The normalized spacial score (nSPS) is 12.2. The van der Waals surface area contributed by atoms with Crippen LogP contribution >= 0.6 is 0 Å². The van der Waals surface area contributed by atoms with E-state index in [1.807, 2.05) is 6.07 Å². The Labute approximate surface area is 102 Å². The predicted molar refractivity (Wildman–Crippen MR) is 64.7 cm³/mol. The van der Waals surface area contributed by atoms with Crippen LogP contribution in [0.25, 0.3) is 0 Å². The molecule has 0 aromatic carbocycles. The van der Waals surface area contributed by atoms with Crippen molar-refractivity contribution in [2.75, 3.05) is 13.7 Å². The van der Waals surface area contributed by atoms with Gasteiger partial charge in [-0.3, -0.25) is 9.78 Å². The molecular formula is C13H19NO3. The molecule has 4 heteroatoms. The largest absolute Gasteiger partial charge is 0.491 e. The lowest BCUT2D eigenvalue weighted by Crippen LogP contribution is -2.24. The molecule has 1 heterocycles. The maximum Gasteiger partial charge on any atom is 0.312 e. The highest BCUT2D eigenvalue weighted by molar-refractivity contribution is 5.72. The zero-order valence-corrected chi connectivity index (χ0v) is 10.6. The molecule has 0 N–H and O–H groups in total. The molecule has 94 valence electrons. The van der Waals surface area contributed by atoms with Crippen LogP contribution in [0.1, 0.15) is 20.3 Å². The van der Waals surface area contributed by atoms with Crippen molar-refractivity contribution in [2.45, 2.75) is 20.3 Å².